The predicted octanol–water partition coefficient (Wildman–Crippen LogP) is 5.66. The fourth-order valence-corrected chi connectivity index (χ4v) is 4.30. The number of nitro groups is 1. The van der Waals surface area contributed by atoms with Gasteiger partial charge in [0.2, 0.25) is 5.13 Å². The number of carbonyl (C=O) groups is 1. The van der Waals surface area contributed by atoms with Gasteiger partial charge < -0.3 is 4.74 Å². The smallest absolute Gasteiger partial charge is 0.280 e. The number of carbonyl (C=O) groups excluding carboxylic acids is 1. The summed E-state index contributed by atoms with van der Waals surface area (Å²) in [4.78, 5) is 28.2. The molecule has 0 atom stereocenters. The van der Waals surface area contributed by atoms with Crippen LogP contribution in [0.1, 0.15) is 15.9 Å². The Morgan fingerprint density at radius 1 is 1.16 bits per heavy atom. The van der Waals surface area contributed by atoms with E-state index in [4.69, 9.17) is 4.74 Å². The summed E-state index contributed by atoms with van der Waals surface area (Å²) in [6.45, 7) is 0. The fourth-order valence-electron chi connectivity index (χ4n) is 2.83. The largest absolute Gasteiger partial charge is 0.497 e. The van der Waals surface area contributed by atoms with Crippen LogP contribution in [0, 0.1) is 10.1 Å². The highest BCUT2D eigenvalue weighted by molar-refractivity contribution is 9.10. The fraction of sp³-hybridized carbons (Fsp3) is 0.0455. The summed E-state index contributed by atoms with van der Waals surface area (Å²) in [5.41, 5.74) is 1.65. The third-order valence-corrected chi connectivity index (χ3v) is 5.96. The summed E-state index contributed by atoms with van der Waals surface area (Å²) in [5.74, 6) is 0.250. The van der Waals surface area contributed by atoms with Crippen molar-refractivity contribution in [2.45, 2.75) is 0 Å². The quantitative estimate of drug-likeness (QED) is 0.189. The molecule has 4 aromatic rings. The molecule has 160 valence electrons. The highest BCUT2D eigenvalue weighted by Gasteiger charge is 2.22. The molecule has 1 aromatic heterocycles. The summed E-state index contributed by atoms with van der Waals surface area (Å²) in [6, 6.07) is 18.2. The van der Waals surface area contributed by atoms with Crippen LogP contribution in [-0.4, -0.2) is 29.1 Å². The minimum atomic E-state index is -0.515. The van der Waals surface area contributed by atoms with Crippen LogP contribution in [0.3, 0.4) is 0 Å². The maximum atomic E-state index is 13.3. The lowest BCUT2D eigenvalue weighted by molar-refractivity contribution is -0.384. The molecule has 4 rings (SSSR count). The van der Waals surface area contributed by atoms with Crippen LogP contribution in [0.25, 0.3) is 10.2 Å². The Bertz CT molecular complexity index is 1320. The van der Waals surface area contributed by atoms with E-state index in [-0.39, 0.29) is 11.3 Å². The number of hydrazone groups is 1. The van der Waals surface area contributed by atoms with Gasteiger partial charge in [0, 0.05) is 22.2 Å². The number of rotatable bonds is 6. The monoisotopic (exact) mass is 510 g/mol. The number of fused-ring (bicyclic) bond motifs is 1. The number of aromatic nitrogens is 1. The van der Waals surface area contributed by atoms with Crippen molar-refractivity contribution in [3.63, 3.8) is 0 Å². The summed E-state index contributed by atoms with van der Waals surface area (Å²) in [6.07, 6.45) is 1.55. The van der Waals surface area contributed by atoms with Crippen LogP contribution in [0.5, 0.6) is 5.75 Å². The highest BCUT2D eigenvalue weighted by atomic mass is 79.9. The molecule has 3 aromatic carbocycles. The van der Waals surface area contributed by atoms with Crippen molar-refractivity contribution in [3.8, 4) is 5.75 Å². The number of nitro benzene ring substituents is 1. The minimum absolute atomic E-state index is 0.0975. The molecule has 0 N–H and O–H groups in total. The van der Waals surface area contributed by atoms with E-state index in [2.05, 4.69) is 26.0 Å². The molecule has 0 unspecified atom stereocenters. The van der Waals surface area contributed by atoms with Crippen LogP contribution in [0.15, 0.2) is 76.3 Å². The van der Waals surface area contributed by atoms with Crippen molar-refractivity contribution in [2.75, 3.05) is 12.1 Å². The second-order valence-electron chi connectivity index (χ2n) is 6.55. The average Bonchev–Trinajstić information content (AvgIpc) is 3.22. The molecule has 0 aliphatic heterocycles. The standard InChI is InChI=1S/C22H15BrN4O4S/c1-31-18-9-2-14(3-10-18)13-24-26(21(28)15-4-7-17(8-5-15)27(29)30)22-25-19-11-6-16(23)12-20(19)32-22/h2-13H,1H3/b24-13+. The topological polar surface area (TPSA) is 97.9 Å². The second-order valence-corrected chi connectivity index (χ2v) is 8.47. The first-order valence-corrected chi connectivity index (χ1v) is 10.9. The molecule has 0 saturated carbocycles. The van der Waals surface area contributed by atoms with Gasteiger partial charge in [-0.1, -0.05) is 27.3 Å². The van der Waals surface area contributed by atoms with Gasteiger partial charge in [-0.3, -0.25) is 14.9 Å². The first kappa shape index (κ1) is 21.6. The van der Waals surface area contributed by atoms with Gasteiger partial charge in [0.15, 0.2) is 0 Å². The Labute approximate surface area is 195 Å². The Morgan fingerprint density at radius 2 is 1.88 bits per heavy atom. The third kappa shape index (κ3) is 4.66. The van der Waals surface area contributed by atoms with Gasteiger partial charge in [-0.15, -0.1) is 0 Å². The number of hydrogen-bond donors (Lipinski definition) is 0. The van der Waals surface area contributed by atoms with E-state index in [0.29, 0.717) is 10.9 Å². The van der Waals surface area contributed by atoms with Crippen LogP contribution in [0.2, 0.25) is 0 Å². The molecule has 0 saturated heterocycles. The molecule has 8 nitrogen and oxygen atoms in total. The number of non-ortho nitro benzene ring substituents is 1. The second kappa shape index (κ2) is 9.25. The molecule has 1 amide bonds. The normalized spacial score (nSPS) is 11.1. The lowest BCUT2D eigenvalue weighted by Crippen LogP contribution is -2.25. The van der Waals surface area contributed by atoms with Crippen LogP contribution < -0.4 is 9.75 Å². The molecule has 0 aliphatic carbocycles. The Morgan fingerprint density at radius 3 is 2.53 bits per heavy atom. The van der Waals surface area contributed by atoms with Crippen molar-refractivity contribution >= 4 is 60.4 Å². The summed E-state index contributed by atoms with van der Waals surface area (Å²) in [7, 11) is 1.58. The van der Waals surface area contributed by atoms with Gasteiger partial charge in [-0.2, -0.15) is 10.1 Å². The molecular formula is C22H15BrN4O4S. The summed E-state index contributed by atoms with van der Waals surface area (Å²) < 4.78 is 6.94. The molecule has 32 heavy (non-hydrogen) atoms. The van der Waals surface area contributed by atoms with E-state index < -0.39 is 10.8 Å². The van der Waals surface area contributed by atoms with Crippen molar-refractivity contribution in [3.05, 3.63) is 92.4 Å². The number of anilines is 1. The first-order chi connectivity index (χ1) is 15.4. The van der Waals surface area contributed by atoms with Crippen molar-refractivity contribution in [2.24, 2.45) is 5.10 Å². The van der Waals surface area contributed by atoms with E-state index >= 15 is 0 Å². The minimum Gasteiger partial charge on any atom is -0.497 e. The number of nitrogens with zero attached hydrogens (tertiary/aromatic N) is 4. The zero-order chi connectivity index (χ0) is 22.7. The Hall–Kier alpha value is -3.63. The number of hydrogen-bond acceptors (Lipinski definition) is 7. The van der Waals surface area contributed by atoms with Crippen LogP contribution >= 0.6 is 27.3 Å². The summed E-state index contributed by atoms with van der Waals surface area (Å²) in [5, 5.41) is 16.9. The van der Waals surface area contributed by atoms with E-state index in [1.54, 1.807) is 25.5 Å². The summed E-state index contributed by atoms with van der Waals surface area (Å²) >= 11 is 4.75. The van der Waals surface area contributed by atoms with Crippen molar-refractivity contribution < 1.29 is 14.5 Å². The average molecular weight is 511 g/mol. The highest BCUT2D eigenvalue weighted by Crippen LogP contribution is 2.32. The van der Waals surface area contributed by atoms with Gasteiger partial charge in [0.1, 0.15) is 5.75 Å². The van der Waals surface area contributed by atoms with Gasteiger partial charge in [0.05, 0.1) is 28.5 Å². The number of halogens is 1. The molecule has 10 heteroatoms. The molecule has 0 fully saturated rings. The van der Waals surface area contributed by atoms with E-state index in [0.717, 1.165) is 20.3 Å². The van der Waals surface area contributed by atoms with E-state index in [1.165, 1.54) is 40.6 Å². The number of methoxy groups -OCH3 is 1. The molecule has 0 spiro atoms. The van der Waals surface area contributed by atoms with Crippen molar-refractivity contribution in [1.29, 1.82) is 0 Å². The van der Waals surface area contributed by atoms with Gasteiger partial charge in [0.25, 0.3) is 11.6 Å². The van der Waals surface area contributed by atoms with Crippen LogP contribution in [-0.2, 0) is 0 Å². The maximum Gasteiger partial charge on any atom is 0.280 e. The zero-order valence-corrected chi connectivity index (χ0v) is 19.0. The number of benzene rings is 3. The number of amides is 1. The SMILES string of the molecule is COc1ccc(/C=N/N(C(=O)c2ccc([N+](=O)[O-])cc2)c2nc3ccc(Br)cc3s2)cc1. The van der Waals surface area contributed by atoms with E-state index in [1.807, 2.05) is 30.3 Å². The maximum absolute atomic E-state index is 13.3. The first-order valence-electron chi connectivity index (χ1n) is 9.27. The lowest BCUT2D eigenvalue weighted by atomic mass is 10.2. The van der Waals surface area contributed by atoms with Gasteiger partial charge in [-0.25, -0.2) is 4.98 Å². The lowest BCUT2D eigenvalue weighted by Gasteiger charge is -2.13. The Kier molecular flexibility index (Phi) is 6.24. The third-order valence-electron chi connectivity index (χ3n) is 4.48. The Balaban J connectivity index is 1.72. The van der Waals surface area contributed by atoms with Crippen molar-refractivity contribution in [1.82, 2.24) is 4.98 Å². The molecular weight excluding hydrogens is 496 g/mol. The van der Waals surface area contributed by atoms with E-state index in [9.17, 15) is 14.9 Å². The molecule has 0 radical (unpaired) electrons. The molecule has 0 bridgehead atoms. The number of thiazole rings is 1. The number of ether oxygens (including phenoxy) is 1. The zero-order valence-electron chi connectivity index (χ0n) is 16.6. The molecule has 1 heterocycles. The van der Waals surface area contributed by atoms with Gasteiger partial charge in [-0.05, 0) is 60.2 Å². The molecule has 0 aliphatic rings. The van der Waals surface area contributed by atoms with Crippen LogP contribution in [0.4, 0.5) is 10.8 Å². The predicted molar refractivity (Wildman–Crippen MR) is 128 cm³/mol. The van der Waals surface area contributed by atoms with Gasteiger partial charge >= 0.3 is 0 Å².